The lowest BCUT2D eigenvalue weighted by molar-refractivity contribution is 0.0652. The van der Waals surface area contributed by atoms with E-state index < -0.39 is 0 Å². The van der Waals surface area contributed by atoms with E-state index in [1.54, 1.807) is 0 Å². The van der Waals surface area contributed by atoms with E-state index in [0.717, 1.165) is 6.42 Å². The van der Waals surface area contributed by atoms with Gasteiger partial charge in [-0.1, -0.05) is 32.8 Å². The highest BCUT2D eigenvalue weighted by Crippen LogP contribution is 2.52. The standard InChI is InChI=1S/C17H26N2/c1-16(2)10-3-4-11-17(16,18)14-9-5-7-13-8-6-12-19-15(13)14/h6,8,12,14H,3-5,7,9-11,18H2,1-2H3. The smallest absolute Gasteiger partial charge is 0.0484 e. The molecule has 104 valence electrons. The van der Waals surface area contributed by atoms with Gasteiger partial charge in [-0.15, -0.1) is 0 Å². The number of fused-ring (bicyclic) bond motifs is 1. The maximum atomic E-state index is 6.99. The highest BCUT2D eigenvalue weighted by Gasteiger charge is 2.50. The summed E-state index contributed by atoms with van der Waals surface area (Å²) in [7, 11) is 0. The van der Waals surface area contributed by atoms with Crippen molar-refractivity contribution in [1.82, 2.24) is 4.98 Å². The minimum Gasteiger partial charge on any atom is -0.324 e. The monoisotopic (exact) mass is 258 g/mol. The van der Waals surface area contributed by atoms with Crippen LogP contribution in [0.25, 0.3) is 0 Å². The van der Waals surface area contributed by atoms with Crippen molar-refractivity contribution in [2.24, 2.45) is 11.1 Å². The first-order valence-corrected chi connectivity index (χ1v) is 7.77. The van der Waals surface area contributed by atoms with Gasteiger partial charge in [0.2, 0.25) is 0 Å². The normalized spacial score (nSPS) is 33.7. The quantitative estimate of drug-likeness (QED) is 0.832. The second kappa shape index (κ2) is 4.59. The topological polar surface area (TPSA) is 38.9 Å². The van der Waals surface area contributed by atoms with Crippen molar-refractivity contribution in [2.45, 2.75) is 70.3 Å². The molecule has 3 rings (SSSR count). The van der Waals surface area contributed by atoms with E-state index >= 15 is 0 Å². The average Bonchev–Trinajstić information content (AvgIpc) is 2.41. The van der Waals surface area contributed by atoms with E-state index in [4.69, 9.17) is 10.7 Å². The van der Waals surface area contributed by atoms with Crippen LogP contribution in [0.1, 0.15) is 69.5 Å². The van der Waals surface area contributed by atoms with Crippen molar-refractivity contribution in [2.75, 3.05) is 0 Å². The Morgan fingerprint density at radius 2 is 2.00 bits per heavy atom. The van der Waals surface area contributed by atoms with Gasteiger partial charge in [-0.3, -0.25) is 4.98 Å². The molecule has 0 aromatic carbocycles. The van der Waals surface area contributed by atoms with Gasteiger partial charge in [0.15, 0.2) is 0 Å². The Hall–Kier alpha value is -0.890. The van der Waals surface area contributed by atoms with Crippen molar-refractivity contribution < 1.29 is 0 Å². The zero-order valence-corrected chi connectivity index (χ0v) is 12.3. The summed E-state index contributed by atoms with van der Waals surface area (Å²) < 4.78 is 0. The number of hydrogen-bond donors (Lipinski definition) is 1. The van der Waals surface area contributed by atoms with Gasteiger partial charge in [0, 0.05) is 23.3 Å². The van der Waals surface area contributed by atoms with Crippen molar-refractivity contribution in [3.8, 4) is 0 Å². The fourth-order valence-electron chi connectivity index (χ4n) is 4.31. The number of nitrogens with zero attached hydrogens (tertiary/aromatic N) is 1. The van der Waals surface area contributed by atoms with E-state index in [1.165, 1.54) is 49.8 Å². The molecule has 2 aliphatic carbocycles. The number of aryl methyl sites for hydroxylation is 1. The number of aromatic nitrogens is 1. The van der Waals surface area contributed by atoms with Crippen molar-refractivity contribution in [3.63, 3.8) is 0 Å². The van der Waals surface area contributed by atoms with Crippen LogP contribution in [0.5, 0.6) is 0 Å². The van der Waals surface area contributed by atoms with Gasteiger partial charge in [0.1, 0.15) is 0 Å². The lowest BCUT2D eigenvalue weighted by atomic mass is 9.56. The molecule has 2 heteroatoms. The van der Waals surface area contributed by atoms with Crippen LogP contribution in [0.15, 0.2) is 18.3 Å². The Balaban J connectivity index is 2.02. The van der Waals surface area contributed by atoms with Crippen LogP contribution >= 0.6 is 0 Å². The van der Waals surface area contributed by atoms with Gasteiger partial charge in [-0.25, -0.2) is 0 Å². The predicted molar refractivity (Wildman–Crippen MR) is 79.1 cm³/mol. The van der Waals surface area contributed by atoms with Crippen LogP contribution in [0, 0.1) is 5.41 Å². The lowest BCUT2D eigenvalue weighted by Crippen LogP contribution is -2.59. The van der Waals surface area contributed by atoms with E-state index in [-0.39, 0.29) is 11.0 Å². The van der Waals surface area contributed by atoms with Crippen LogP contribution in [0.2, 0.25) is 0 Å². The SMILES string of the molecule is CC1(C)CCCCC1(N)C1CCCc2cccnc21. The van der Waals surface area contributed by atoms with Gasteiger partial charge in [0.25, 0.3) is 0 Å². The zero-order valence-electron chi connectivity index (χ0n) is 12.3. The van der Waals surface area contributed by atoms with Crippen LogP contribution in [-0.2, 0) is 6.42 Å². The molecule has 0 aliphatic heterocycles. The van der Waals surface area contributed by atoms with E-state index in [2.05, 4.69) is 26.0 Å². The average molecular weight is 258 g/mol. The largest absolute Gasteiger partial charge is 0.324 e. The summed E-state index contributed by atoms with van der Waals surface area (Å²) in [5.74, 6) is 0.452. The molecule has 2 unspecified atom stereocenters. The van der Waals surface area contributed by atoms with Crippen LogP contribution < -0.4 is 5.73 Å². The molecule has 1 fully saturated rings. The highest BCUT2D eigenvalue weighted by molar-refractivity contribution is 5.30. The molecule has 0 amide bonds. The first-order chi connectivity index (χ1) is 9.05. The Morgan fingerprint density at radius 3 is 2.79 bits per heavy atom. The Labute approximate surface area is 116 Å². The van der Waals surface area contributed by atoms with E-state index in [9.17, 15) is 0 Å². The molecule has 0 saturated heterocycles. The molecule has 1 saturated carbocycles. The fraction of sp³-hybridized carbons (Fsp3) is 0.706. The third-order valence-electron chi connectivity index (χ3n) is 5.72. The maximum absolute atomic E-state index is 6.99. The van der Waals surface area contributed by atoms with Crippen LogP contribution in [-0.4, -0.2) is 10.5 Å². The molecule has 0 radical (unpaired) electrons. The summed E-state index contributed by atoms with van der Waals surface area (Å²) in [4.78, 5) is 4.71. The van der Waals surface area contributed by atoms with Crippen molar-refractivity contribution in [3.05, 3.63) is 29.6 Å². The number of pyridine rings is 1. The Kier molecular flexibility index (Phi) is 3.17. The molecule has 2 atom stereocenters. The van der Waals surface area contributed by atoms with Crippen molar-refractivity contribution in [1.29, 1.82) is 0 Å². The summed E-state index contributed by atoms with van der Waals surface area (Å²) in [6.45, 7) is 4.73. The molecule has 2 N–H and O–H groups in total. The first kappa shape index (κ1) is 13.1. The third kappa shape index (κ3) is 2.01. The Bertz CT molecular complexity index is 466. The molecule has 0 spiro atoms. The highest BCUT2D eigenvalue weighted by atomic mass is 14.9. The lowest BCUT2D eigenvalue weighted by Gasteiger charge is -2.53. The predicted octanol–water partition coefficient (Wildman–Crippen LogP) is 3.80. The van der Waals surface area contributed by atoms with Gasteiger partial charge < -0.3 is 5.73 Å². The summed E-state index contributed by atoms with van der Waals surface area (Å²) in [6, 6.07) is 4.31. The molecule has 1 heterocycles. The minimum absolute atomic E-state index is 0.0746. The van der Waals surface area contributed by atoms with Gasteiger partial charge in [-0.2, -0.15) is 0 Å². The Morgan fingerprint density at radius 1 is 1.21 bits per heavy atom. The van der Waals surface area contributed by atoms with Crippen LogP contribution in [0.4, 0.5) is 0 Å². The third-order valence-corrected chi connectivity index (χ3v) is 5.72. The van der Waals surface area contributed by atoms with Crippen LogP contribution in [0.3, 0.4) is 0 Å². The van der Waals surface area contributed by atoms with E-state index in [1.807, 2.05) is 6.20 Å². The maximum Gasteiger partial charge on any atom is 0.0484 e. The second-order valence-corrected chi connectivity index (χ2v) is 7.12. The number of rotatable bonds is 1. The molecule has 2 aliphatic rings. The first-order valence-electron chi connectivity index (χ1n) is 7.77. The van der Waals surface area contributed by atoms with Gasteiger partial charge in [0.05, 0.1) is 0 Å². The molecule has 1 aromatic heterocycles. The van der Waals surface area contributed by atoms with E-state index in [0.29, 0.717) is 5.92 Å². The summed E-state index contributed by atoms with van der Waals surface area (Å²) in [5.41, 5.74) is 9.87. The minimum atomic E-state index is -0.0746. The van der Waals surface area contributed by atoms with Gasteiger partial charge >= 0.3 is 0 Å². The molecule has 19 heavy (non-hydrogen) atoms. The zero-order chi connectivity index (χ0) is 13.5. The summed E-state index contributed by atoms with van der Waals surface area (Å²) in [5, 5.41) is 0. The summed E-state index contributed by atoms with van der Waals surface area (Å²) >= 11 is 0. The fourth-order valence-corrected chi connectivity index (χ4v) is 4.31. The number of nitrogens with two attached hydrogens (primary N) is 1. The molecule has 2 nitrogen and oxygen atoms in total. The number of hydrogen-bond acceptors (Lipinski definition) is 2. The van der Waals surface area contributed by atoms with Gasteiger partial charge in [-0.05, 0) is 49.1 Å². The second-order valence-electron chi connectivity index (χ2n) is 7.12. The molecular formula is C17H26N2. The summed E-state index contributed by atoms with van der Waals surface area (Å²) in [6.07, 6.45) is 10.6. The molecule has 0 bridgehead atoms. The molecule has 1 aromatic rings. The molecular weight excluding hydrogens is 232 g/mol. The van der Waals surface area contributed by atoms with Crippen molar-refractivity contribution >= 4 is 0 Å².